The predicted molar refractivity (Wildman–Crippen MR) is 102 cm³/mol. The largest absolute Gasteiger partial charge is 0.289 e. The highest BCUT2D eigenvalue weighted by atomic mass is 14.8. The van der Waals surface area contributed by atoms with Gasteiger partial charge in [-0.05, 0) is 72.4 Å². The van der Waals surface area contributed by atoms with Crippen molar-refractivity contribution in [3.63, 3.8) is 0 Å². The van der Waals surface area contributed by atoms with Crippen LogP contribution in [-0.2, 0) is 25.7 Å². The number of rotatable bonds is 2. The maximum absolute atomic E-state index is 4.94. The van der Waals surface area contributed by atoms with E-state index in [9.17, 15) is 0 Å². The highest BCUT2D eigenvalue weighted by Gasteiger charge is 2.12. The van der Waals surface area contributed by atoms with E-state index in [0.717, 1.165) is 25.7 Å². The molecule has 2 aromatic rings. The predicted octanol–water partition coefficient (Wildman–Crippen LogP) is 5.32. The molecule has 24 heavy (non-hydrogen) atoms. The number of aryl methyl sites for hydroxylation is 4. The van der Waals surface area contributed by atoms with Crippen molar-refractivity contribution in [1.29, 1.82) is 0 Å². The first-order valence-corrected chi connectivity index (χ1v) is 9.60. The second-order valence-corrected chi connectivity index (χ2v) is 7.42. The van der Waals surface area contributed by atoms with E-state index in [1.165, 1.54) is 59.9 Å². The lowest BCUT2D eigenvalue weighted by Crippen LogP contribution is -2.10. The fourth-order valence-corrected chi connectivity index (χ4v) is 4.00. The summed E-state index contributed by atoms with van der Waals surface area (Å²) in [7, 11) is 0. The molecule has 5 aliphatic rings. The highest BCUT2D eigenvalue weighted by Crippen LogP contribution is 2.22. The molecule has 0 atom stereocenters. The Labute approximate surface area is 145 Å². The fourth-order valence-electron chi connectivity index (χ4n) is 4.00. The van der Waals surface area contributed by atoms with Crippen LogP contribution in [0.3, 0.4) is 0 Å². The van der Waals surface area contributed by atoms with E-state index in [4.69, 9.17) is 4.99 Å². The van der Waals surface area contributed by atoms with Crippen molar-refractivity contribution in [1.82, 2.24) is 0 Å². The molecule has 0 spiro atoms. The average molecular weight is 317 g/mol. The summed E-state index contributed by atoms with van der Waals surface area (Å²) in [5.74, 6) is 0. The Balaban J connectivity index is 1.59. The lowest BCUT2D eigenvalue weighted by molar-refractivity contribution is 0.444. The number of benzene rings is 2. The van der Waals surface area contributed by atoms with Gasteiger partial charge in [-0.15, -0.1) is 0 Å². The third-order valence-corrected chi connectivity index (χ3v) is 5.62. The van der Waals surface area contributed by atoms with Gasteiger partial charge >= 0.3 is 0 Å². The second kappa shape index (κ2) is 7.34. The molecule has 0 aliphatic heterocycles. The monoisotopic (exact) mass is 317 g/mol. The van der Waals surface area contributed by atoms with Crippen LogP contribution in [0.15, 0.2) is 47.5 Å². The van der Waals surface area contributed by atoms with Gasteiger partial charge < -0.3 is 0 Å². The topological polar surface area (TPSA) is 12.4 Å². The van der Waals surface area contributed by atoms with Gasteiger partial charge in [0.15, 0.2) is 0 Å². The molecule has 1 heteroatoms. The van der Waals surface area contributed by atoms with E-state index in [1.54, 1.807) is 0 Å². The van der Waals surface area contributed by atoms with Crippen molar-refractivity contribution in [3.8, 4) is 0 Å². The molecule has 0 saturated heterocycles. The zero-order valence-electron chi connectivity index (χ0n) is 14.5. The van der Waals surface area contributed by atoms with Gasteiger partial charge in [0, 0.05) is 12.3 Å². The van der Waals surface area contributed by atoms with Gasteiger partial charge in [0.25, 0.3) is 0 Å². The van der Waals surface area contributed by atoms with Crippen LogP contribution in [0.1, 0.15) is 59.9 Å². The number of nitrogens with zero attached hydrogens (tertiary/aromatic N) is 1. The molecule has 124 valence electrons. The molecule has 0 radical (unpaired) electrons. The van der Waals surface area contributed by atoms with E-state index >= 15 is 0 Å². The molecule has 0 N–H and O–H groups in total. The summed E-state index contributed by atoms with van der Waals surface area (Å²) in [5.41, 5.74) is 7.13. The third-order valence-electron chi connectivity index (χ3n) is 5.62. The molecule has 7 rings (SSSR count). The average Bonchev–Trinajstić information content (AvgIpc) is 2.63. The van der Waals surface area contributed by atoms with Gasteiger partial charge in [0.2, 0.25) is 0 Å². The molecule has 0 amide bonds. The SMILES string of the molecule is C(=NC1CCCCC1)c1cc2ccc1CCc1ccc(cc1)CC2. The van der Waals surface area contributed by atoms with Crippen LogP contribution in [0, 0.1) is 0 Å². The van der Waals surface area contributed by atoms with Gasteiger partial charge in [-0.2, -0.15) is 0 Å². The Morgan fingerprint density at radius 2 is 1.33 bits per heavy atom. The summed E-state index contributed by atoms with van der Waals surface area (Å²) < 4.78 is 0. The maximum atomic E-state index is 4.94. The van der Waals surface area contributed by atoms with Crippen LogP contribution >= 0.6 is 0 Å². The molecular formula is C23H27N. The van der Waals surface area contributed by atoms with Crippen LogP contribution in [0.25, 0.3) is 0 Å². The molecule has 0 unspecified atom stereocenters. The summed E-state index contributed by atoms with van der Waals surface area (Å²) in [4.78, 5) is 4.94. The lowest BCUT2D eigenvalue weighted by atomic mass is 9.93. The van der Waals surface area contributed by atoms with Crippen molar-refractivity contribution in [3.05, 3.63) is 70.3 Å². The quantitative estimate of drug-likeness (QED) is 0.665. The summed E-state index contributed by atoms with van der Waals surface area (Å²) in [5, 5.41) is 0. The van der Waals surface area contributed by atoms with E-state index < -0.39 is 0 Å². The van der Waals surface area contributed by atoms with E-state index in [-0.39, 0.29) is 0 Å². The van der Waals surface area contributed by atoms with E-state index in [1.807, 2.05) is 0 Å². The zero-order valence-corrected chi connectivity index (χ0v) is 14.5. The molecule has 1 saturated carbocycles. The van der Waals surface area contributed by atoms with Gasteiger partial charge in [0.1, 0.15) is 0 Å². The Hall–Kier alpha value is -1.89. The molecule has 1 fully saturated rings. The fraction of sp³-hybridized carbons (Fsp3) is 0.435. The Morgan fingerprint density at radius 1 is 0.708 bits per heavy atom. The standard InChI is InChI=1S/C23H27N/c1-2-4-23(5-3-1)24-17-22-16-20-11-10-18-6-8-19(9-7-18)12-14-21(22)15-13-20/h6-9,13,15-17,23H,1-5,10-12,14H2. The summed E-state index contributed by atoms with van der Waals surface area (Å²) >= 11 is 0. The molecule has 0 heterocycles. The zero-order chi connectivity index (χ0) is 16.2. The Kier molecular flexibility index (Phi) is 4.78. The van der Waals surface area contributed by atoms with Crippen LogP contribution in [0.5, 0.6) is 0 Å². The lowest BCUT2D eigenvalue weighted by Gasteiger charge is -2.18. The van der Waals surface area contributed by atoms with Crippen molar-refractivity contribution < 1.29 is 0 Å². The van der Waals surface area contributed by atoms with Crippen LogP contribution in [0.4, 0.5) is 0 Å². The minimum absolute atomic E-state index is 0.556. The second-order valence-electron chi connectivity index (χ2n) is 7.42. The molecule has 1 nitrogen and oxygen atoms in total. The number of aliphatic imine (C=N–C) groups is 1. The minimum Gasteiger partial charge on any atom is -0.289 e. The van der Waals surface area contributed by atoms with Gasteiger partial charge in [0.05, 0.1) is 0 Å². The minimum atomic E-state index is 0.556. The molecule has 4 bridgehead atoms. The molecule has 5 aliphatic carbocycles. The Bertz CT molecular complexity index is 705. The number of hydrogen-bond donors (Lipinski definition) is 0. The maximum Gasteiger partial charge on any atom is 0.0499 e. The van der Waals surface area contributed by atoms with Gasteiger partial charge in [-0.3, -0.25) is 4.99 Å². The first-order chi connectivity index (χ1) is 11.9. The molecule has 0 aromatic heterocycles. The van der Waals surface area contributed by atoms with Crippen molar-refractivity contribution in [2.24, 2.45) is 4.99 Å². The number of hydrogen-bond acceptors (Lipinski definition) is 1. The van der Waals surface area contributed by atoms with Gasteiger partial charge in [-0.1, -0.05) is 55.7 Å². The normalized spacial score (nSPS) is 18.7. The first-order valence-electron chi connectivity index (χ1n) is 9.60. The molecular weight excluding hydrogens is 290 g/mol. The smallest absolute Gasteiger partial charge is 0.0499 e. The van der Waals surface area contributed by atoms with Crippen molar-refractivity contribution in [2.75, 3.05) is 0 Å². The van der Waals surface area contributed by atoms with Crippen LogP contribution in [0.2, 0.25) is 0 Å². The first kappa shape index (κ1) is 15.6. The Morgan fingerprint density at radius 3 is 2.08 bits per heavy atom. The summed E-state index contributed by atoms with van der Waals surface area (Å²) in [6, 6.07) is 16.8. The van der Waals surface area contributed by atoms with Gasteiger partial charge in [-0.25, -0.2) is 0 Å². The third kappa shape index (κ3) is 3.77. The van der Waals surface area contributed by atoms with Crippen molar-refractivity contribution >= 4 is 6.21 Å². The van der Waals surface area contributed by atoms with E-state index in [2.05, 4.69) is 48.7 Å². The molecule has 2 aromatic carbocycles. The van der Waals surface area contributed by atoms with Crippen LogP contribution in [-0.4, -0.2) is 12.3 Å². The summed E-state index contributed by atoms with van der Waals surface area (Å²) in [6.07, 6.45) is 13.3. The van der Waals surface area contributed by atoms with E-state index in [0.29, 0.717) is 6.04 Å². The van der Waals surface area contributed by atoms with Crippen molar-refractivity contribution in [2.45, 2.75) is 63.8 Å². The van der Waals surface area contributed by atoms with Crippen LogP contribution < -0.4 is 0 Å². The highest BCUT2D eigenvalue weighted by molar-refractivity contribution is 5.82. The summed E-state index contributed by atoms with van der Waals surface area (Å²) in [6.45, 7) is 0.